The Bertz CT molecular complexity index is 572. The summed E-state index contributed by atoms with van der Waals surface area (Å²) < 4.78 is 1.56. The zero-order chi connectivity index (χ0) is 11.8. The number of nitrogens with one attached hydrogen (secondary N) is 1. The zero-order valence-corrected chi connectivity index (χ0v) is 9.18. The van der Waals surface area contributed by atoms with Crippen molar-refractivity contribution in [2.24, 2.45) is 11.7 Å². The number of nitrogens with two attached hydrogens (primary N) is 1. The Morgan fingerprint density at radius 2 is 2.47 bits per heavy atom. The third-order valence-corrected chi connectivity index (χ3v) is 2.88. The number of aromatic nitrogens is 3. The Balaban J connectivity index is 1.96. The van der Waals surface area contributed by atoms with Gasteiger partial charge in [0, 0.05) is 6.54 Å². The SMILES string of the molecule is NC(=O)c1c[c]nn2c(NCC3CC3)cnc12. The molecule has 0 aromatic carbocycles. The first-order valence-corrected chi connectivity index (χ1v) is 5.54. The minimum Gasteiger partial charge on any atom is -0.368 e. The molecular formula is C11H12N5O. The van der Waals surface area contributed by atoms with E-state index in [0.29, 0.717) is 11.2 Å². The number of anilines is 1. The molecule has 1 fully saturated rings. The molecule has 0 spiro atoms. The van der Waals surface area contributed by atoms with Crippen LogP contribution in [0, 0.1) is 12.1 Å². The van der Waals surface area contributed by atoms with Gasteiger partial charge in [-0.1, -0.05) is 0 Å². The van der Waals surface area contributed by atoms with Crippen LogP contribution in [0.1, 0.15) is 23.2 Å². The predicted octanol–water partition coefficient (Wildman–Crippen LogP) is 0.450. The Hall–Kier alpha value is -2.11. The maximum Gasteiger partial charge on any atom is 0.252 e. The van der Waals surface area contributed by atoms with Crippen molar-refractivity contribution in [1.82, 2.24) is 14.6 Å². The van der Waals surface area contributed by atoms with Gasteiger partial charge in [-0.15, -0.1) is 0 Å². The second-order valence-corrected chi connectivity index (χ2v) is 4.25. The molecule has 0 unspecified atom stereocenters. The van der Waals surface area contributed by atoms with Crippen LogP contribution in [-0.2, 0) is 0 Å². The maximum atomic E-state index is 11.2. The van der Waals surface area contributed by atoms with Crippen LogP contribution < -0.4 is 11.1 Å². The van der Waals surface area contributed by atoms with Gasteiger partial charge in [0.15, 0.2) is 5.65 Å². The van der Waals surface area contributed by atoms with Crippen LogP contribution in [0.4, 0.5) is 5.82 Å². The maximum absolute atomic E-state index is 11.2. The van der Waals surface area contributed by atoms with E-state index in [-0.39, 0.29) is 0 Å². The van der Waals surface area contributed by atoms with Crippen LogP contribution in [0.5, 0.6) is 0 Å². The molecule has 6 heteroatoms. The van der Waals surface area contributed by atoms with E-state index < -0.39 is 5.91 Å². The molecule has 17 heavy (non-hydrogen) atoms. The lowest BCUT2D eigenvalue weighted by Crippen LogP contribution is -2.14. The number of fused-ring (bicyclic) bond motifs is 1. The summed E-state index contributed by atoms with van der Waals surface area (Å²) in [7, 11) is 0. The Kier molecular flexibility index (Phi) is 2.21. The first-order chi connectivity index (χ1) is 8.25. The molecule has 0 bridgehead atoms. The van der Waals surface area contributed by atoms with Crippen LogP contribution in [0.15, 0.2) is 12.3 Å². The van der Waals surface area contributed by atoms with Gasteiger partial charge in [0.25, 0.3) is 5.91 Å². The molecule has 2 aromatic rings. The summed E-state index contributed by atoms with van der Waals surface area (Å²) in [5.41, 5.74) is 6.06. The topological polar surface area (TPSA) is 85.3 Å². The standard InChI is InChI=1S/C11H12N5O/c12-10(17)8-3-4-15-16-9(6-14-11(8)16)13-5-7-1-2-7/h3,6-7,13H,1-2,5H2,(H2,12,17). The fraction of sp³-hybridized carbons (Fsp3) is 0.364. The average Bonchev–Trinajstić information content (AvgIpc) is 3.06. The van der Waals surface area contributed by atoms with E-state index in [1.165, 1.54) is 18.9 Å². The molecule has 0 saturated heterocycles. The fourth-order valence-electron chi connectivity index (χ4n) is 1.72. The largest absolute Gasteiger partial charge is 0.368 e. The summed E-state index contributed by atoms with van der Waals surface area (Å²) in [6.07, 6.45) is 6.85. The summed E-state index contributed by atoms with van der Waals surface area (Å²) >= 11 is 0. The quantitative estimate of drug-likeness (QED) is 0.798. The Labute approximate surface area is 97.8 Å². The molecule has 2 aromatic heterocycles. The van der Waals surface area contributed by atoms with Crippen LogP contribution in [0.2, 0.25) is 0 Å². The van der Waals surface area contributed by atoms with Crippen molar-refractivity contribution in [1.29, 1.82) is 0 Å². The van der Waals surface area contributed by atoms with Gasteiger partial charge in [0.1, 0.15) is 12.0 Å². The normalized spacial score (nSPS) is 15.1. The smallest absolute Gasteiger partial charge is 0.252 e. The van der Waals surface area contributed by atoms with Crippen molar-refractivity contribution in [3.63, 3.8) is 0 Å². The molecular weight excluding hydrogens is 218 g/mol. The summed E-state index contributed by atoms with van der Waals surface area (Å²) in [6.45, 7) is 0.913. The van der Waals surface area contributed by atoms with E-state index >= 15 is 0 Å². The minimum atomic E-state index is -0.520. The highest BCUT2D eigenvalue weighted by molar-refractivity contribution is 5.98. The summed E-state index contributed by atoms with van der Waals surface area (Å²) in [4.78, 5) is 15.4. The molecule has 0 aliphatic heterocycles. The number of nitrogens with zero attached hydrogens (tertiary/aromatic N) is 3. The third kappa shape index (κ3) is 1.82. The van der Waals surface area contributed by atoms with Crippen molar-refractivity contribution < 1.29 is 4.79 Å². The highest BCUT2D eigenvalue weighted by Gasteiger charge is 2.21. The number of rotatable bonds is 4. The number of primary amides is 1. The number of carbonyl (C=O) groups excluding carboxylic acids is 1. The summed E-state index contributed by atoms with van der Waals surface area (Å²) in [5, 5.41) is 7.30. The van der Waals surface area contributed by atoms with Crippen LogP contribution in [-0.4, -0.2) is 27.0 Å². The highest BCUT2D eigenvalue weighted by Crippen LogP contribution is 2.28. The van der Waals surface area contributed by atoms with Crippen molar-refractivity contribution in [2.45, 2.75) is 12.8 Å². The van der Waals surface area contributed by atoms with E-state index in [4.69, 9.17) is 5.73 Å². The number of imidazole rings is 1. The zero-order valence-electron chi connectivity index (χ0n) is 9.18. The molecule has 2 heterocycles. The monoisotopic (exact) mass is 230 g/mol. The van der Waals surface area contributed by atoms with Crippen LogP contribution >= 0.6 is 0 Å². The molecule has 3 rings (SSSR count). The van der Waals surface area contributed by atoms with Gasteiger partial charge in [-0.3, -0.25) is 4.79 Å². The lowest BCUT2D eigenvalue weighted by Gasteiger charge is -2.04. The number of hydrogen-bond acceptors (Lipinski definition) is 4. The molecule has 1 radical (unpaired) electrons. The predicted molar refractivity (Wildman–Crippen MR) is 61.6 cm³/mol. The second kappa shape index (κ2) is 3.73. The van der Waals surface area contributed by atoms with Gasteiger partial charge < -0.3 is 11.1 Å². The number of carbonyl (C=O) groups is 1. The lowest BCUT2D eigenvalue weighted by atomic mass is 10.3. The van der Waals surface area contributed by atoms with E-state index in [2.05, 4.69) is 21.6 Å². The van der Waals surface area contributed by atoms with E-state index in [9.17, 15) is 4.79 Å². The molecule has 1 amide bonds. The van der Waals surface area contributed by atoms with Gasteiger partial charge in [-0.2, -0.15) is 9.61 Å². The van der Waals surface area contributed by atoms with E-state index in [0.717, 1.165) is 18.3 Å². The van der Waals surface area contributed by atoms with Crippen molar-refractivity contribution >= 4 is 17.4 Å². The Morgan fingerprint density at radius 1 is 1.65 bits per heavy atom. The van der Waals surface area contributed by atoms with Gasteiger partial charge in [0.2, 0.25) is 0 Å². The molecule has 3 N–H and O–H groups in total. The second-order valence-electron chi connectivity index (χ2n) is 4.25. The molecule has 87 valence electrons. The first-order valence-electron chi connectivity index (χ1n) is 5.54. The van der Waals surface area contributed by atoms with Gasteiger partial charge >= 0.3 is 0 Å². The average molecular weight is 230 g/mol. The molecule has 0 atom stereocenters. The minimum absolute atomic E-state index is 0.333. The molecule has 1 aliphatic rings. The van der Waals surface area contributed by atoms with Crippen molar-refractivity contribution in [2.75, 3.05) is 11.9 Å². The van der Waals surface area contributed by atoms with Crippen molar-refractivity contribution in [3.05, 3.63) is 24.0 Å². The molecule has 1 saturated carbocycles. The van der Waals surface area contributed by atoms with Crippen molar-refractivity contribution in [3.8, 4) is 0 Å². The summed E-state index contributed by atoms with van der Waals surface area (Å²) in [6, 6.07) is 1.45. The van der Waals surface area contributed by atoms with E-state index in [1.807, 2.05) is 0 Å². The molecule has 1 aliphatic carbocycles. The third-order valence-electron chi connectivity index (χ3n) is 2.88. The van der Waals surface area contributed by atoms with Gasteiger partial charge in [-0.05, 0) is 24.8 Å². The fourth-order valence-corrected chi connectivity index (χ4v) is 1.72. The number of amides is 1. The van der Waals surface area contributed by atoms with E-state index in [1.54, 1.807) is 10.7 Å². The van der Waals surface area contributed by atoms with Crippen LogP contribution in [0.25, 0.3) is 5.65 Å². The molecule has 6 nitrogen and oxygen atoms in total. The first kappa shape index (κ1) is 10.1. The summed E-state index contributed by atoms with van der Waals surface area (Å²) in [5.74, 6) is 1.00. The Morgan fingerprint density at radius 3 is 3.18 bits per heavy atom. The highest BCUT2D eigenvalue weighted by atomic mass is 16.1. The number of hydrogen-bond donors (Lipinski definition) is 2. The lowest BCUT2D eigenvalue weighted by molar-refractivity contribution is 0.100. The van der Waals surface area contributed by atoms with Gasteiger partial charge in [-0.25, -0.2) is 4.98 Å². The van der Waals surface area contributed by atoms with Crippen LogP contribution in [0.3, 0.4) is 0 Å². The van der Waals surface area contributed by atoms with Gasteiger partial charge in [0.05, 0.1) is 11.8 Å².